The fourth-order valence-electron chi connectivity index (χ4n) is 1.18. The van der Waals surface area contributed by atoms with Crippen LogP contribution in [0.3, 0.4) is 0 Å². The van der Waals surface area contributed by atoms with Crippen molar-refractivity contribution < 1.29 is 9.90 Å². The zero-order chi connectivity index (χ0) is 12.2. The van der Waals surface area contributed by atoms with Crippen LogP contribution in [-0.2, 0) is 11.3 Å². The minimum atomic E-state index is -0.596. The van der Waals surface area contributed by atoms with Crippen molar-refractivity contribution in [2.24, 2.45) is 0 Å². The van der Waals surface area contributed by atoms with E-state index in [1.807, 2.05) is 12.3 Å². The van der Waals surface area contributed by atoms with Gasteiger partial charge in [0, 0.05) is 25.4 Å². The molecule has 0 aromatic carbocycles. The molecule has 0 spiro atoms. The van der Waals surface area contributed by atoms with Crippen LogP contribution < -0.4 is 5.32 Å². The molecule has 1 atom stereocenters. The van der Waals surface area contributed by atoms with E-state index >= 15 is 0 Å². The molecule has 0 aliphatic carbocycles. The molecule has 1 heterocycles. The third-order valence-corrected chi connectivity index (χ3v) is 2.63. The van der Waals surface area contributed by atoms with Crippen LogP contribution in [0.15, 0.2) is 18.5 Å². The number of aromatic nitrogens is 2. The first-order chi connectivity index (χ1) is 7.42. The van der Waals surface area contributed by atoms with E-state index in [-0.39, 0.29) is 5.91 Å². The summed E-state index contributed by atoms with van der Waals surface area (Å²) in [4.78, 5) is 11.6. The Bertz CT molecular complexity index is 331. The summed E-state index contributed by atoms with van der Waals surface area (Å²) in [6.07, 6.45) is 3.27. The predicted octanol–water partition coefficient (Wildman–Crippen LogP) is 0.549. The molecule has 5 heteroatoms. The number of aliphatic hydroxyl groups is 1. The van der Waals surface area contributed by atoms with Crippen molar-refractivity contribution in [1.82, 2.24) is 15.1 Å². The number of carbonyl (C=O) groups is 1. The zero-order valence-corrected chi connectivity index (χ0v) is 9.97. The van der Waals surface area contributed by atoms with Crippen LogP contribution in [0, 0.1) is 0 Å². The summed E-state index contributed by atoms with van der Waals surface area (Å²) < 4.78 is 1.70. The molecule has 90 valence electrons. The van der Waals surface area contributed by atoms with Crippen molar-refractivity contribution >= 4 is 5.91 Å². The topological polar surface area (TPSA) is 67.2 Å². The summed E-state index contributed by atoms with van der Waals surface area (Å²) in [5.41, 5.74) is -0.596. The van der Waals surface area contributed by atoms with Crippen LogP contribution in [0.4, 0.5) is 0 Å². The Morgan fingerprint density at radius 3 is 2.81 bits per heavy atom. The number of hydrogen-bond donors (Lipinski definition) is 2. The molecule has 1 amide bonds. The molecule has 0 aliphatic heterocycles. The Kier molecular flexibility index (Phi) is 4.06. The third-order valence-electron chi connectivity index (χ3n) is 2.63. The van der Waals surface area contributed by atoms with Gasteiger partial charge in [-0.15, -0.1) is 0 Å². The molecule has 0 aliphatic rings. The predicted molar refractivity (Wildman–Crippen MR) is 60.7 cm³/mol. The number of hydrogen-bond acceptors (Lipinski definition) is 3. The van der Waals surface area contributed by atoms with Gasteiger partial charge in [0.25, 0.3) is 0 Å². The standard InChI is InChI=1S/C11H19N3O2/c1-9(15)11(2,3)13-10(16)5-8-14-7-4-6-12-14/h4,6-7,9,15H,5,8H2,1-3H3,(H,13,16). The fourth-order valence-corrected chi connectivity index (χ4v) is 1.18. The molecule has 1 rings (SSSR count). The Balaban J connectivity index is 2.36. The van der Waals surface area contributed by atoms with Crippen molar-refractivity contribution in [1.29, 1.82) is 0 Å². The Hall–Kier alpha value is -1.36. The average Bonchev–Trinajstić information content (AvgIpc) is 2.66. The minimum absolute atomic E-state index is 0.0820. The number of nitrogens with zero attached hydrogens (tertiary/aromatic N) is 2. The maximum atomic E-state index is 11.6. The lowest BCUT2D eigenvalue weighted by Gasteiger charge is -2.29. The Morgan fingerprint density at radius 2 is 2.31 bits per heavy atom. The second-order valence-electron chi connectivity index (χ2n) is 4.46. The van der Waals surface area contributed by atoms with E-state index in [2.05, 4.69) is 10.4 Å². The van der Waals surface area contributed by atoms with Gasteiger partial charge in [0.2, 0.25) is 5.91 Å². The first-order valence-corrected chi connectivity index (χ1v) is 5.38. The van der Waals surface area contributed by atoms with E-state index in [0.29, 0.717) is 13.0 Å². The number of aliphatic hydroxyl groups excluding tert-OH is 1. The molecule has 0 bridgehead atoms. The lowest BCUT2D eigenvalue weighted by atomic mass is 9.98. The second-order valence-corrected chi connectivity index (χ2v) is 4.46. The number of aryl methyl sites for hydroxylation is 1. The van der Waals surface area contributed by atoms with Crippen molar-refractivity contribution in [3.8, 4) is 0 Å². The van der Waals surface area contributed by atoms with Gasteiger partial charge in [-0.25, -0.2) is 0 Å². The summed E-state index contributed by atoms with van der Waals surface area (Å²) in [6.45, 7) is 5.80. The SMILES string of the molecule is CC(O)C(C)(C)NC(=O)CCn1cccn1. The van der Waals surface area contributed by atoms with Crippen LogP contribution in [0.25, 0.3) is 0 Å². The first kappa shape index (κ1) is 12.7. The molecule has 5 nitrogen and oxygen atoms in total. The van der Waals surface area contributed by atoms with E-state index in [1.54, 1.807) is 31.6 Å². The summed E-state index contributed by atoms with van der Waals surface area (Å²) >= 11 is 0. The van der Waals surface area contributed by atoms with E-state index in [1.165, 1.54) is 0 Å². The molecular formula is C11H19N3O2. The zero-order valence-electron chi connectivity index (χ0n) is 9.97. The highest BCUT2D eigenvalue weighted by molar-refractivity contribution is 5.76. The monoisotopic (exact) mass is 225 g/mol. The average molecular weight is 225 g/mol. The highest BCUT2D eigenvalue weighted by Gasteiger charge is 2.25. The highest BCUT2D eigenvalue weighted by atomic mass is 16.3. The van der Waals surface area contributed by atoms with Crippen molar-refractivity contribution in [3.05, 3.63) is 18.5 Å². The molecule has 1 aromatic heterocycles. The highest BCUT2D eigenvalue weighted by Crippen LogP contribution is 2.08. The molecule has 0 saturated carbocycles. The van der Waals surface area contributed by atoms with Crippen molar-refractivity contribution in [2.45, 2.75) is 45.4 Å². The minimum Gasteiger partial charge on any atom is -0.391 e. The second kappa shape index (κ2) is 5.12. The Labute approximate surface area is 95.5 Å². The van der Waals surface area contributed by atoms with E-state index in [9.17, 15) is 9.90 Å². The van der Waals surface area contributed by atoms with Crippen LogP contribution >= 0.6 is 0 Å². The van der Waals surface area contributed by atoms with Crippen LogP contribution in [0.1, 0.15) is 27.2 Å². The maximum absolute atomic E-state index is 11.6. The van der Waals surface area contributed by atoms with Gasteiger partial charge >= 0.3 is 0 Å². The molecule has 0 saturated heterocycles. The number of amides is 1. The molecule has 16 heavy (non-hydrogen) atoms. The molecule has 0 radical (unpaired) electrons. The lowest BCUT2D eigenvalue weighted by molar-refractivity contribution is -0.124. The normalized spacial score (nSPS) is 13.5. The van der Waals surface area contributed by atoms with Crippen LogP contribution in [0.2, 0.25) is 0 Å². The number of nitrogens with one attached hydrogen (secondary N) is 1. The summed E-state index contributed by atoms with van der Waals surface area (Å²) in [5, 5.41) is 16.2. The van der Waals surface area contributed by atoms with Gasteiger partial charge < -0.3 is 10.4 Å². The van der Waals surface area contributed by atoms with Gasteiger partial charge in [-0.3, -0.25) is 9.48 Å². The van der Waals surface area contributed by atoms with Gasteiger partial charge in [-0.05, 0) is 26.8 Å². The molecular weight excluding hydrogens is 206 g/mol. The van der Waals surface area contributed by atoms with Crippen molar-refractivity contribution in [2.75, 3.05) is 0 Å². The van der Waals surface area contributed by atoms with E-state index in [0.717, 1.165) is 0 Å². The summed E-state index contributed by atoms with van der Waals surface area (Å²) in [5.74, 6) is -0.0820. The molecule has 0 fully saturated rings. The molecule has 2 N–H and O–H groups in total. The third kappa shape index (κ3) is 3.66. The largest absolute Gasteiger partial charge is 0.391 e. The van der Waals surface area contributed by atoms with Gasteiger partial charge in [0.15, 0.2) is 0 Å². The van der Waals surface area contributed by atoms with Gasteiger partial charge in [0.1, 0.15) is 0 Å². The number of carbonyl (C=O) groups excluding carboxylic acids is 1. The van der Waals surface area contributed by atoms with E-state index in [4.69, 9.17) is 0 Å². The fraction of sp³-hybridized carbons (Fsp3) is 0.636. The van der Waals surface area contributed by atoms with Crippen LogP contribution in [0.5, 0.6) is 0 Å². The summed E-state index contributed by atoms with van der Waals surface area (Å²) in [7, 11) is 0. The smallest absolute Gasteiger partial charge is 0.222 e. The molecule has 1 unspecified atom stereocenters. The van der Waals surface area contributed by atoms with Crippen LogP contribution in [-0.4, -0.2) is 32.4 Å². The lowest BCUT2D eigenvalue weighted by Crippen LogP contribution is -2.51. The van der Waals surface area contributed by atoms with E-state index < -0.39 is 11.6 Å². The van der Waals surface area contributed by atoms with Crippen molar-refractivity contribution in [3.63, 3.8) is 0 Å². The quantitative estimate of drug-likeness (QED) is 0.769. The van der Waals surface area contributed by atoms with Gasteiger partial charge in [-0.1, -0.05) is 0 Å². The van der Waals surface area contributed by atoms with Gasteiger partial charge in [0.05, 0.1) is 11.6 Å². The number of rotatable bonds is 5. The van der Waals surface area contributed by atoms with Gasteiger partial charge in [-0.2, -0.15) is 5.10 Å². The maximum Gasteiger partial charge on any atom is 0.222 e. The Morgan fingerprint density at radius 1 is 1.62 bits per heavy atom. The molecule has 1 aromatic rings. The summed E-state index contributed by atoms with van der Waals surface area (Å²) in [6, 6.07) is 1.82. The first-order valence-electron chi connectivity index (χ1n) is 5.38.